The maximum atomic E-state index is 3.56. The van der Waals surface area contributed by atoms with Gasteiger partial charge in [0.05, 0.1) is 0 Å². The van der Waals surface area contributed by atoms with Crippen molar-refractivity contribution in [1.82, 2.24) is 10.2 Å². The molecule has 1 fully saturated rings. The molecule has 2 heteroatoms. The van der Waals surface area contributed by atoms with Crippen LogP contribution in [0.2, 0.25) is 0 Å². The van der Waals surface area contributed by atoms with Gasteiger partial charge in [0.15, 0.2) is 0 Å². The van der Waals surface area contributed by atoms with Crippen LogP contribution in [0.25, 0.3) is 0 Å². The van der Waals surface area contributed by atoms with Gasteiger partial charge in [0.1, 0.15) is 0 Å². The van der Waals surface area contributed by atoms with E-state index in [0.29, 0.717) is 6.04 Å². The molecule has 0 aliphatic carbocycles. The lowest BCUT2D eigenvalue weighted by atomic mass is 10.0. The van der Waals surface area contributed by atoms with Gasteiger partial charge >= 0.3 is 0 Å². The van der Waals surface area contributed by atoms with Crippen molar-refractivity contribution in [2.24, 2.45) is 5.92 Å². The second-order valence-corrected chi connectivity index (χ2v) is 5.85. The molecule has 0 spiro atoms. The maximum Gasteiger partial charge on any atom is 0.0110 e. The minimum absolute atomic E-state index is 0.702. The molecule has 1 heterocycles. The Bertz CT molecular complexity index is 180. The van der Waals surface area contributed by atoms with Crippen LogP contribution in [0.5, 0.6) is 0 Å². The smallest absolute Gasteiger partial charge is 0.0110 e. The van der Waals surface area contributed by atoms with E-state index < -0.39 is 0 Å². The van der Waals surface area contributed by atoms with Gasteiger partial charge in [0, 0.05) is 25.2 Å². The Labute approximate surface area is 102 Å². The fourth-order valence-electron chi connectivity index (χ4n) is 2.47. The molecule has 2 nitrogen and oxygen atoms in total. The zero-order chi connectivity index (χ0) is 12.0. The Hall–Kier alpha value is -0.0800. The van der Waals surface area contributed by atoms with Gasteiger partial charge in [-0.25, -0.2) is 0 Å². The molecule has 2 unspecified atom stereocenters. The van der Waals surface area contributed by atoms with Crippen LogP contribution in [0.3, 0.4) is 0 Å². The molecule has 0 aromatic rings. The molecule has 0 bridgehead atoms. The number of rotatable bonds is 5. The first kappa shape index (κ1) is 14.0. The monoisotopic (exact) mass is 226 g/mol. The van der Waals surface area contributed by atoms with Gasteiger partial charge in [-0.15, -0.1) is 0 Å². The topological polar surface area (TPSA) is 15.3 Å². The summed E-state index contributed by atoms with van der Waals surface area (Å²) >= 11 is 0. The number of hydrogen-bond acceptors (Lipinski definition) is 2. The Balaban J connectivity index is 2.21. The zero-order valence-corrected chi connectivity index (χ0v) is 11.6. The highest BCUT2D eigenvalue weighted by Crippen LogP contribution is 2.14. The Morgan fingerprint density at radius 1 is 1.19 bits per heavy atom. The van der Waals surface area contributed by atoms with Crippen LogP contribution in [0.15, 0.2) is 0 Å². The van der Waals surface area contributed by atoms with E-state index in [2.05, 4.69) is 37.9 Å². The van der Waals surface area contributed by atoms with Gasteiger partial charge in [-0.3, -0.25) is 4.90 Å². The molecular formula is C14H30N2. The van der Waals surface area contributed by atoms with Crippen molar-refractivity contribution in [2.75, 3.05) is 19.6 Å². The first-order chi connectivity index (χ1) is 7.59. The van der Waals surface area contributed by atoms with Gasteiger partial charge in [0.25, 0.3) is 0 Å². The Morgan fingerprint density at radius 2 is 1.94 bits per heavy atom. The molecule has 96 valence electrons. The molecule has 1 aliphatic heterocycles. The van der Waals surface area contributed by atoms with E-state index in [4.69, 9.17) is 0 Å². The fourth-order valence-corrected chi connectivity index (χ4v) is 2.47. The lowest BCUT2D eigenvalue weighted by Crippen LogP contribution is -2.36. The van der Waals surface area contributed by atoms with Gasteiger partial charge < -0.3 is 5.32 Å². The highest BCUT2D eigenvalue weighted by atomic mass is 15.2. The maximum absolute atomic E-state index is 3.56. The summed E-state index contributed by atoms with van der Waals surface area (Å²) in [4.78, 5) is 2.66. The van der Waals surface area contributed by atoms with E-state index in [1.807, 2.05) is 0 Å². The zero-order valence-electron chi connectivity index (χ0n) is 11.6. The molecule has 1 aliphatic rings. The average molecular weight is 226 g/mol. The summed E-state index contributed by atoms with van der Waals surface area (Å²) in [5.41, 5.74) is 0. The minimum atomic E-state index is 0.702. The van der Waals surface area contributed by atoms with Crippen molar-refractivity contribution < 1.29 is 0 Å². The van der Waals surface area contributed by atoms with Crippen LogP contribution >= 0.6 is 0 Å². The van der Waals surface area contributed by atoms with Crippen molar-refractivity contribution in [3.8, 4) is 0 Å². The second-order valence-electron chi connectivity index (χ2n) is 5.85. The largest absolute Gasteiger partial charge is 0.313 e. The molecule has 0 aromatic carbocycles. The van der Waals surface area contributed by atoms with Crippen molar-refractivity contribution in [1.29, 1.82) is 0 Å². The summed E-state index contributed by atoms with van der Waals surface area (Å²) in [6, 6.07) is 1.47. The highest BCUT2D eigenvalue weighted by Gasteiger charge is 2.17. The average Bonchev–Trinajstić information content (AvgIpc) is 2.42. The van der Waals surface area contributed by atoms with E-state index in [1.165, 1.54) is 38.8 Å². The van der Waals surface area contributed by atoms with Crippen LogP contribution in [0, 0.1) is 5.92 Å². The third-order valence-electron chi connectivity index (χ3n) is 3.77. The van der Waals surface area contributed by atoms with Crippen molar-refractivity contribution in [3.05, 3.63) is 0 Å². The number of hydrogen-bond donors (Lipinski definition) is 1. The van der Waals surface area contributed by atoms with E-state index in [9.17, 15) is 0 Å². The third-order valence-corrected chi connectivity index (χ3v) is 3.77. The van der Waals surface area contributed by atoms with E-state index in [1.54, 1.807) is 0 Å². The predicted octanol–water partition coefficient (Wildman–Crippen LogP) is 2.89. The van der Waals surface area contributed by atoms with Crippen LogP contribution in [0.1, 0.15) is 53.4 Å². The Morgan fingerprint density at radius 3 is 2.62 bits per heavy atom. The summed E-state index contributed by atoms with van der Waals surface area (Å²) in [6.45, 7) is 13.0. The first-order valence-corrected chi connectivity index (χ1v) is 7.07. The third kappa shape index (κ3) is 5.31. The Kier molecular flexibility index (Phi) is 6.37. The number of nitrogens with one attached hydrogen (secondary N) is 1. The lowest BCUT2D eigenvalue weighted by Gasteiger charge is -2.27. The van der Waals surface area contributed by atoms with E-state index in [0.717, 1.165) is 18.5 Å². The molecule has 0 amide bonds. The standard InChI is InChI=1S/C14H30N2/c1-12(2)6-5-7-14(4)16-10-8-13(3)15-9-11-16/h12-15H,5-11H2,1-4H3. The van der Waals surface area contributed by atoms with Crippen molar-refractivity contribution >= 4 is 0 Å². The summed E-state index contributed by atoms with van der Waals surface area (Å²) in [7, 11) is 0. The first-order valence-electron chi connectivity index (χ1n) is 7.07. The fraction of sp³-hybridized carbons (Fsp3) is 1.00. The predicted molar refractivity (Wildman–Crippen MR) is 71.8 cm³/mol. The van der Waals surface area contributed by atoms with Crippen molar-refractivity contribution in [2.45, 2.75) is 65.5 Å². The summed E-state index contributed by atoms with van der Waals surface area (Å²) in [6.07, 6.45) is 5.44. The molecule has 0 aromatic heterocycles. The second kappa shape index (κ2) is 7.29. The molecule has 16 heavy (non-hydrogen) atoms. The number of nitrogens with zero attached hydrogens (tertiary/aromatic N) is 1. The molecule has 1 N–H and O–H groups in total. The van der Waals surface area contributed by atoms with Crippen LogP contribution in [-0.4, -0.2) is 36.6 Å². The van der Waals surface area contributed by atoms with Gasteiger partial charge in [-0.2, -0.15) is 0 Å². The van der Waals surface area contributed by atoms with Gasteiger partial charge in [-0.1, -0.05) is 26.7 Å². The summed E-state index contributed by atoms with van der Waals surface area (Å²) in [5.74, 6) is 0.859. The molecule has 0 radical (unpaired) electrons. The molecular weight excluding hydrogens is 196 g/mol. The van der Waals surface area contributed by atoms with Gasteiger partial charge in [0.2, 0.25) is 0 Å². The molecule has 1 rings (SSSR count). The van der Waals surface area contributed by atoms with Crippen molar-refractivity contribution in [3.63, 3.8) is 0 Å². The molecule has 2 atom stereocenters. The summed E-state index contributed by atoms with van der Waals surface area (Å²) in [5, 5.41) is 3.56. The minimum Gasteiger partial charge on any atom is -0.313 e. The van der Waals surface area contributed by atoms with Gasteiger partial charge in [-0.05, 0) is 39.2 Å². The van der Waals surface area contributed by atoms with Crippen LogP contribution in [-0.2, 0) is 0 Å². The van der Waals surface area contributed by atoms with Crippen LogP contribution in [0.4, 0.5) is 0 Å². The quantitative estimate of drug-likeness (QED) is 0.775. The molecule has 0 saturated carbocycles. The van der Waals surface area contributed by atoms with E-state index in [-0.39, 0.29) is 0 Å². The SMILES string of the molecule is CC(C)CCCC(C)N1CCNC(C)CC1. The molecule has 1 saturated heterocycles. The lowest BCUT2D eigenvalue weighted by molar-refractivity contribution is 0.206. The van der Waals surface area contributed by atoms with E-state index >= 15 is 0 Å². The normalized spacial score (nSPS) is 25.7. The highest BCUT2D eigenvalue weighted by molar-refractivity contribution is 4.75. The summed E-state index contributed by atoms with van der Waals surface area (Å²) < 4.78 is 0. The van der Waals surface area contributed by atoms with Crippen LogP contribution < -0.4 is 5.32 Å².